The van der Waals surface area contributed by atoms with Crippen LogP contribution in [0, 0.1) is 0 Å². The highest BCUT2D eigenvalue weighted by molar-refractivity contribution is 4.76. The molecular weight excluding hydrogens is 126 g/mol. The molecule has 0 aliphatic carbocycles. The van der Waals surface area contributed by atoms with Crippen molar-refractivity contribution in [1.29, 1.82) is 0 Å². The van der Waals surface area contributed by atoms with E-state index < -0.39 is 0 Å². The summed E-state index contributed by atoms with van der Waals surface area (Å²) in [4.78, 5) is 0. The molecule has 2 nitrogen and oxygen atoms in total. The first-order valence-electron chi connectivity index (χ1n) is 4.11. The topological polar surface area (TPSA) is 21.3 Å². The third kappa shape index (κ3) is 1.96. The molecule has 0 aromatic carbocycles. The maximum atomic E-state index is 5.68. The van der Waals surface area contributed by atoms with Crippen molar-refractivity contribution in [1.82, 2.24) is 5.32 Å². The lowest BCUT2D eigenvalue weighted by atomic mass is 9.99. The Kier molecular flexibility index (Phi) is 2.69. The lowest BCUT2D eigenvalue weighted by Crippen LogP contribution is -2.28. The molecule has 1 unspecified atom stereocenters. The Morgan fingerprint density at radius 2 is 2.30 bits per heavy atom. The molecule has 0 aromatic rings. The van der Waals surface area contributed by atoms with E-state index in [0.717, 1.165) is 32.5 Å². The van der Waals surface area contributed by atoms with Gasteiger partial charge in [-0.25, -0.2) is 0 Å². The predicted molar refractivity (Wildman–Crippen MR) is 42.1 cm³/mol. The van der Waals surface area contributed by atoms with Crippen molar-refractivity contribution in [2.45, 2.75) is 32.3 Å². The van der Waals surface area contributed by atoms with Crippen LogP contribution in [0.4, 0.5) is 0 Å². The molecule has 0 bridgehead atoms. The van der Waals surface area contributed by atoms with Gasteiger partial charge in [0.1, 0.15) is 0 Å². The summed E-state index contributed by atoms with van der Waals surface area (Å²) >= 11 is 0. The Labute approximate surface area is 63.0 Å². The summed E-state index contributed by atoms with van der Waals surface area (Å²) in [6, 6.07) is 0. The predicted octanol–water partition coefficient (Wildman–Crippen LogP) is 1.17. The first-order valence-corrected chi connectivity index (χ1v) is 4.11. The second-order valence-corrected chi connectivity index (χ2v) is 3.15. The Bertz CT molecular complexity index is 95.4. The van der Waals surface area contributed by atoms with Gasteiger partial charge in [-0.2, -0.15) is 0 Å². The van der Waals surface area contributed by atoms with Gasteiger partial charge in [0, 0.05) is 6.54 Å². The molecule has 1 heterocycles. The number of rotatable bonds is 1. The largest absolute Gasteiger partial charge is 0.374 e. The fourth-order valence-corrected chi connectivity index (χ4v) is 1.20. The van der Waals surface area contributed by atoms with Crippen molar-refractivity contribution < 1.29 is 4.74 Å². The Morgan fingerprint density at radius 1 is 1.50 bits per heavy atom. The zero-order valence-electron chi connectivity index (χ0n) is 6.94. The SMILES string of the molecule is CCC1(C)CCNCCO1. The molecular formula is C8H17NO. The molecule has 1 N–H and O–H groups in total. The molecule has 0 spiro atoms. The van der Waals surface area contributed by atoms with Crippen LogP contribution in [0.1, 0.15) is 26.7 Å². The molecule has 60 valence electrons. The van der Waals surface area contributed by atoms with Gasteiger partial charge in [-0.15, -0.1) is 0 Å². The van der Waals surface area contributed by atoms with E-state index in [1.165, 1.54) is 0 Å². The average molecular weight is 143 g/mol. The highest BCUT2D eigenvalue weighted by Gasteiger charge is 2.23. The Morgan fingerprint density at radius 3 is 3.00 bits per heavy atom. The van der Waals surface area contributed by atoms with Gasteiger partial charge < -0.3 is 10.1 Å². The monoisotopic (exact) mass is 143 g/mol. The Hall–Kier alpha value is -0.0800. The summed E-state index contributed by atoms with van der Waals surface area (Å²) < 4.78 is 5.68. The minimum atomic E-state index is 0.142. The second-order valence-electron chi connectivity index (χ2n) is 3.15. The van der Waals surface area contributed by atoms with E-state index >= 15 is 0 Å². The van der Waals surface area contributed by atoms with Crippen LogP contribution in [-0.2, 0) is 4.74 Å². The third-order valence-corrected chi connectivity index (χ3v) is 2.31. The van der Waals surface area contributed by atoms with Crippen molar-refractivity contribution in [3.8, 4) is 0 Å². The van der Waals surface area contributed by atoms with E-state index in [-0.39, 0.29) is 5.60 Å². The highest BCUT2D eigenvalue weighted by atomic mass is 16.5. The molecule has 0 saturated carbocycles. The van der Waals surface area contributed by atoms with Gasteiger partial charge in [0.25, 0.3) is 0 Å². The normalized spacial score (nSPS) is 35.4. The summed E-state index contributed by atoms with van der Waals surface area (Å²) in [6.45, 7) is 7.36. The number of hydrogen-bond acceptors (Lipinski definition) is 2. The molecule has 1 aliphatic heterocycles. The summed E-state index contributed by atoms with van der Waals surface area (Å²) in [6.07, 6.45) is 2.26. The summed E-state index contributed by atoms with van der Waals surface area (Å²) in [5, 5.41) is 3.31. The van der Waals surface area contributed by atoms with Crippen molar-refractivity contribution in [2.75, 3.05) is 19.7 Å². The van der Waals surface area contributed by atoms with E-state index in [1.807, 2.05) is 0 Å². The first kappa shape index (κ1) is 8.02. The molecule has 1 saturated heterocycles. The van der Waals surface area contributed by atoms with Crippen LogP contribution in [0.5, 0.6) is 0 Å². The maximum absolute atomic E-state index is 5.68. The van der Waals surface area contributed by atoms with Crippen LogP contribution >= 0.6 is 0 Å². The van der Waals surface area contributed by atoms with Gasteiger partial charge >= 0.3 is 0 Å². The van der Waals surface area contributed by atoms with Crippen LogP contribution in [0.15, 0.2) is 0 Å². The van der Waals surface area contributed by atoms with Gasteiger partial charge in [-0.1, -0.05) is 6.92 Å². The van der Waals surface area contributed by atoms with E-state index in [4.69, 9.17) is 4.74 Å². The van der Waals surface area contributed by atoms with E-state index in [1.54, 1.807) is 0 Å². The molecule has 0 radical (unpaired) electrons. The van der Waals surface area contributed by atoms with Crippen LogP contribution in [0.2, 0.25) is 0 Å². The van der Waals surface area contributed by atoms with Crippen molar-refractivity contribution in [3.05, 3.63) is 0 Å². The number of ether oxygens (including phenoxy) is 1. The molecule has 0 aromatic heterocycles. The zero-order chi connectivity index (χ0) is 7.45. The van der Waals surface area contributed by atoms with Crippen LogP contribution in [0.3, 0.4) is 0 Å². The second kappa shape index (κ2) is 3.35. The molecule has 1 atom stereocenters. The standard InChI is InChI=1S/C8H17NO/c1-3-8(2)4-5-9-6-7-10-8/h9H,3-7H2,1-2H3. The van der Waals surface area contributed by atoms with Crippen molar-refractivity contribution in [3.63, 3.8) is 0 Å². The van der Waals surface area contributed by atoms with E-state index in [2.05, 4.69) is 19.2 Å². The van der Waals surface area contributed by atoms with Crippen molar-refractivity contribution in [2.24, 2.45) is 0 Å². The first-order chi connectivity index (χ1) is 4.77. The molecule has 2 heteroatoms. The number of nitrogens with one attached hydrogen (secondary N) is 1. The van der Waals surface area contributed by atoms with E-state index in [0.29, 0.717) is 0 Å². The smallest absolute Gasteiger partial charge is 0.0664 e. The van der Waals surface area contributed by atoms with Gasteiger partial charge in [-0.05, 0) is 26.3 Å². The molecule has 1 aliphatic rings. The van der Waals surface area contributed by atoms with Crippen molar-refractivity contribution >= 4 is 0 Å². The van der Waals surface area contributed by atoms with Crippen LogP contribution < -0.4 is 5.32 Å². The fourth-order valence-electron chi connectivity index (χ4n) is 1.20. The summed E-state index contributed by atoms with van der Waals surface area (Å²) in [5.41, 5.74) is 0.142. The minimum absolute atomic E-state index is 0.142. The lowest BCUT2D eigenvalue weighted by Gasteiger charge is -2.25. The van der Waals surface area contributed by atoms with Gasteiger partial charge in [0.2, 0.25) is 0 Å². The molecule has 10 heavy (non-hydrogen) atoms. The summed E-state index contributed by atoms with van der Waals surface area (Å²) in [5.74, 6) is 0. The zero-order valence-corrected chi connectivity index (χ0v) is 6.94. The molecule has 0 amide bonds. The van der Waals surface area contributed by atoms with Gasteiger partial charge in [0.05, 0.1) is 12.2 Å². The maximum Gasteiger partial charge on any atom is 0.0664 e. The fraction of sp³-hybridized carbons (Fsp3) is 1.00. The van der Waals surface area contributed by atoms with Crippen LogP contribution in [-0.4, -0.2) is 25.3 Å². The summed E-state index contributed by atoms with van der Waals surface area (Å²) in [7, 11) is 0. The highest BCUT2D eigenvalue weighted by Crippen LogP contribution is 2.19. The molecule has 1 fully saturated rings. The van der Waals surface area contributed by atoms with E-state index in [9.17, 15) is 0 Å². The minimum Gasteiger partial charge on any atom is -0.374 e. The third-order valence-electron chi connectivity index (χ3n) is 2.31. The van der Waals surface area contributed by atoms with Gasteiger partial charge in [-0.3, -0.25) is 0 Å². The lowest BCUT2D eigenvalue weighted by molar-refractivity contribution is -0.0256. The average Bonchev–Trinajstić information content (AvgIpc) is 2.15. The quantitative estimate of drug-likeness (QED) is 0.595. The Balaban J connectivity index is 2.41. The van der Waals surface area contributed by atoms with Crippen LogP contribution in [0.25, 0.3) is 0 Å². The number of hydrogen-bond donors (Lipinski definition) is 1. The van der Waals surface area contributed by atoms with Gasteiger partial charge in [0.15, 0.2) is 0 Å². The molecule has 1 rings (SSSR count).